The summed E-state index contributed by atoms with van der Waals surface area (Å²) in [4.78, 5) is 11.2. The van der Waals surface area contributed by atoms with Crippen molar-refractivity contribution in [2.45, 2.75) is 19.3 Å². The van der Waals surface area contributed by atoms with Crippen molar-refractivity contribution in [2.75, 3.05) is 7.11 Å². The van der Waals surface area contributed by atoms with Gasteiger partial charge in [0, 0.05) is 18.4 Å². The third-order valence-corrected chi connectivity index (χ3v) is 2.57. The second-order valence-electron chi connectivity index (χ2n) is 3.43. The number of rotatable bonds is 1. The van der Waals surface area contributed by atoms with Crippen molar-refractivity contribution < 1.29 is 13.9 Å². The summed E-state index contributed by atoms with van der Waals surface area (Å²) in [6.45, 7) is 0. The molecule has 2 nitrogen and oxygen atoms in total. The molecule has 0 amide bonds. The van der Waals surface area contributed by atoms with Gasteiger partial charge in [-0.05, 0) is 18.1 Å². The summed E-state index contributed by atoms with van der Waals surface area (Å²) < 4.78 is 18.5. The van der Waals surface area contributed by atoms with Crippen LogP contribution in [-0.2, 0) is 17.6 Å². The fraction of sp³-hybridized carbons (Fsp3) is 0.364. The number of carbonyl (C=O) groups is 1. The first-order valence-electron chi connectivity index (χ1n) is 4.58. The van der Waals surface area contributed by atoms with Gasteiger partial charge < -0.3 is 4.74 Å². The zero-order chi connectivity index (χ0) is 10.1. The maximum absolute atomic E-state index is 13.7. The molecule has 1 aromatic rings. The molecule has 0 fully saturated rings. The lowest BCUT2D eigenvalue weighted by Crippen LogP contribution is -2.15. The van der Waals surface area contributed by atoms with Gasteiger partial charge in [-0.3, -0.25) is 4.79 Å². The Bertz CT molecular complexity index is 385. The normalized spacial score (nSPS) is 15.1. The van der Waals surface area contributed by atoms with Gasteiger partial charge in [0.15, 0.2) is 11.6 Å². The smallest absolute Gasteiger partial charge is 0.168 e. The number of ketones is 1. The summed E-state index contributed by atoms with van der Waals surface area (Å²) in [5.74, 6) is -0.0545. The molecule has 0 radical (unpaired) electrons. The number of ether oxygens (including phenoxy) is 1. The predicted octanol–water partition coefficient (Wildman–Crippen LogP) is 1.89. The number of hydrogen-bond donors (Lipinski definition) is 0. The minimum absolute atomic E-state index is 0.102. The topological polar surface area (TPSA) is 26.3 Å². The highest BCUT2D eigenvalue weighted by atomic mass is 19.1. The SMILES string of the molecule is COc1ccc2c(c1F)CC(=O)CC2. The molecule has 1 aromatic carbocycles. The summed E-state index contributed by atoms with van der Waals surface area (Å²) >= 11 is 0. The highest BCUT2D eigenvalue weighted by Crippen LogP contribution is 2.28. The van der Waals surface area contributed by atoms with E-state index in [1.54, 1.807) is 6.07 Å². The van der Waals surface area contributed by atoms with E-state index >= 15 is 0 Å². The van der Waals surface area contributed by atoms with E-state index in [0.717, 1.165) is 5.56 Å². The van der Waals surface area contributed by atoms with Crippen LogP contribution in [0.3, 0.4) is 0 Å². The highest BCUT2D eigenvalue weighted by Gasteiger charge is 2.21. The zero-order valence-corrected chi connectivity index (χ0v) is 7.97. The van der Waals surface area contributed by atoms with Crippen LogP contribution in [0.15, 0.2) is 12.1 Å². The molecule has 0 unspecified atom stereocenters. The Morgan fingerprint density at radius 2 is 2.14 bits per heavy atom. The quantitative estimate of drug-likeness (QED) is 0.682. The van der Waals surface area contributed by atoms with Gasteiger partial charge in [-0.2, -0.15) is 0 Å². The van der Waals surface area contributed by atoms with E-state index in [4.69, 9.17) is 4.74 Å². The van der Waals surface area contributed by atoms with Gasteiger partial charge in [-0.15, -0.1) is 0 Å². The molecule has 1 aliphatic rings. The molecule has 0 bridgehead atoms. The second kappa shape index (κ2) is 3.40. The van der Waals surface area contributed by atoms with Crippen LogP contribution >= 0.6 is 0 Å². The maximum atomic E-state index is 13.7. The van der Waals surface area contributed by atoms with Crippen molar-refractivity contribution in [2.24, 2.45) is 0 Å². The van der Waals surface area contributed by atoms with Crippen molar-refractivity contribution in [3.63, 3.8) is 0 Å². The Hall–Kier alpha value is -1.38. The highest BCUT2D eigenvalue weighted by molar-refractivity contribution is 5.83. The molecule has 0 saturated heterocycles. The van der Waals surface area contributed by atoms with E-state index < -0.39 is 0 Å². The lowest BCUT2D eigenvalue weighted by Gasteiger charge is -2.16. The fourth-order valence-corrected chi connectivity index (χ4v) is 1.78. The molecule has 0 saturated carbocycles. The molecule has 2 rings (SSSR count). The van der Waals surface area contributed by atoms with E-state index in [1.165, 1.54) is 7.11 Å². The van der Waals surface area contributed by atoms with Gasteiger partial charge in [0.1, 0.15) is 5.78 Å². The van der Waals surface area contributed by atoms with Gasteiger partial charge in [-0.1, -0.05) is 6.07 Å². The molecule has 3 heteroatoms. The largest absolute Gasteiger partial charge is 0.494 e. The van der Waals surface area contributed by atoms with Crippen molar-refractivity contribution in [3.05, 3.63) is 29.1 Å². The van der Waals surface area contributed by atoms with Gasteiger partial charge in [0.25, 0.3) is 0 Å². The average molecular weight is 194 g/mol. The summed E-state index contributed by atoms with van der Waals surface area (Å²) in [5, 5.41) is 0. The van der Waals surface area contributed by atoms with E-state index in [9.17, 15) is 9.18 Å². The number of carbonyl (C=O) groups excluding carboxylic acids is 1. The summed E-state index contributed by atoms with van der Waals surface area (Å²) in [7, 11) is 1.43. The van der Waals surface area contributed by atoms with Crippen LogP contribution in [0.4, 0.5) is 4.39 Å². The molecule has 0 N–H and O–H groups in total. The Labute approximate surface area is 81.7 Å². The Balaban J connectivity index is 2.50. The Morgan fingerprint density at radius 3 is 2.86 bits per heavy atom. The predicted molar refractivity (Wildman–Crippen MR) is 50.0 cm³/mol. The van der Waals surface area contributed by atoms with E-state index in [1.807, 2.05) is 6.07 Å². The molecule has 74 valence electrons. The fourth-order valence-electron chi connectivity index (χ4n) is 1.78. The number of aryl methyl sites for hydroxylation is 1. The minimum atomic E-state index is -0.377. The number of benzene rings is 1. The van der Waals surface area contributed by atoms with E-state index in [2.05, 4.69) is 0 Å². The van der Waals surface area contributed by atoms with Gasteiger partial charge >= 0.3 is 0 Å². The molecule has 0 aliphatic heterocycles. The van der Waals surface area contributed by atoms with Gasteiger partial charge in [0.05, 0.1) is 7.11 Å². The molecular formula is C11H11FO2. The Morgan fingerprint density at radius 1 is 1.36 bits per heavy atom. The zero-order valence-electron chi connectivity index (χ0n) is 7.97. The summed E-state index contributed by atoms with van der Waals surface area (Å²) in [6.07, 6.45) is 1.38. The standard InChI is InChI=1S/C11H11FO2/c1-14-10-5-3-7-2-4-8(13)6-9(7)11(10)12/h3,5H,2,4,6H2,1H3. The minimum Gasteiger partial charge on any atom is -0.494 e. The monoisotopic (exact) mass is 194 g/mol. The number of fused-ring (bicyclic) bond motifs is 1. The third-order valence-electron chi connectivity index (χ3n) is 2.57. The van der Waals surface area contributed by atoms with Crippen LogP contribution < -0.4 is 4.74 Å². The van der Waals surface area contributed by atoms with E-state index in [-0.39, 0.29) is 23.8 Å². The maximum Gasteiger partial charge on any atom is 0.168 e. The lowest BCUT2D eigenvalue weighted by atomic mass is 9.90. The second-order valence-corrected chi connectivity index (χ2v) is 3.43. The van der Waals surface area contributed by atoms with Crippen LogP contribution in [0.5, 0.6) is 5.75 Å². The summed E-state index contributed by atoms with van der Waals surface area (Å²) in [6, 6.07) is 3.45. The first-order valence-corrected chi connectivity index (χ1v) is 4.58. The first kappa shape index (κ1) is 9.19. The van der Waals surface area contributed by atoms with Crippen LogP contribution in [0.1, 0.15) is 17.5 Å². The van der Waals surface area contributed by atoms with Gasteiger partial charge in [-0.25, -0.2) is 4.39 Å². The van der Waals surface area contributed by atoms with Crippen LogP contribution in [0.25, 0.3) is 0 Å². The number of Topliss-reactive ketones (excluding diaryl/α,β-unsaturated/α-hetero) is 1. The van der Waals surface area contributed by atoms with Gasteiger partial charge in [0.2, 0.25) is 0 Å². The molecule has 14 heavy (non-hydrogen) atoms. The van der Waals surface area contributed by atoms with Crippen LogP contribution in [0.2, 0.25) is 0 Å². The third kappa shape index (κ3) is 1.39. The van der Waals surface area contributed by atoms with Crippen molar-refractivity contribution in [1.82, 2.24) is 0 Å². The van der Waals surface area contributed by atoms with Crippen LogP contribution in [-0.4, -0.2) is 12.9 Å². The van der Waals surface area contributed by atoms with Crippen molar-refractivity contribution in [3.8, 4) is 5.75 Å². The first-order chi connectivity index (χ1) is 6.72. The van der Waals surface area contributed by atoms with Crippen molar-refractivity contribution >= 4 is 5.78 Å². The lowest BCUT2D eigenvalue weighted by molar-refractivity contribution is -0.118. The average Bonchev–Trinajstić information content (AvgIpc) is 2.20. The number of methoxy groups -OCH3 is 1. The number of halogens is 1. The molecule has 1 aliphatic carbocycles. The van der Waals surface area contributed by atoms with Crippen LogP contribution in [0, 0.1) is 5.82 Å². The molecule has 0 spiro atoms. The molecule has 0 atom stereocenters. The van der Waals surface area contributed by atoms with Crippen molar-refractivity contribution in [1.29, 1.82) is 0 Å². The Kier molecular flexibility index (Phi) is 2.23. The summed E-state index contributed by atoms with van der Waals surface area (Å²) in [5.41, 5.74) is 1.45. The van der Waals surface area contributed by atoms with E-state index in [0.29, 0.717) is 18.4 Å². The molecular weight excluding hydrogens is 183 g/mol. The molecule has 0 heterocycles. The molecule has 0 aromatic heterocycles. The number of hydrogen-bond acceptors (Lipinski definition) is 2.